The molecule has 0 unspecified atom stereocenters. The molecule has 1 aromatic heterocycles. The number of halogens is 1. The molecule has 5 heterocycles. The smallest absolute Gasteiger partial charge is 0.215 e. The summed E-state index contributed by atoms with van der Waals surface area (Å²) >= 11 is 6.19. The normalized spacial score (nSPS) is 26.2. The van der Waals surface area contributed by atoms with Gasteiger partial charge >= 0.3 is 0 Å². The molecule has 1 spiro atoms. The topological polar surface area (TPSA) is 67.3 Å². The summed E-state index contributed by atoms with van der Waals surface area (Å²) in [7, 11) is 0. The molecule has 0 amide bonds. The predicted octanol–water partition coefficient (Wildman–Crippen LogP) is 2.26. The maximum absolute atomic E-state index is 11.8. The minimum absolute atomic E-state index is 0.0110. The van der Waals surface area contributed by atoms with Crippen molar-refractivity contribution < 1.29 is 14.3 Å². The number of anilines is 1. The van der Waals surface area contributed by atoms with Crippen molar-refractivity contribution in [3.63, 3.8) is 0 Å². The van der Waals surface area contributed by atoms with Crippen LogP contribution in [0.3, 0.4) is 0 Å². The number of dihydropyridines is 1. The van der Waals surface area contributed by atoms with E-state index < -0.39 is 0 Å². The van der Waals surface area contributed by atoms with Gasteiger partial charge in [0, 0.05) is 55.6 Å². The molecule has 3 fully saturated rings. The Morgan fingerprint density at radius 1 is 1.21 bits per heavy atom. The second-order valence-electron chi connectivity index (χ2n) is 8.40. The molecule has 29 heavy (non-hydrogen) atoms. The summed E-state index contributed by atoms with van der Waals surface area (Å²) in [5.74, 6) is 0.523. The van der Waals surface area contributed by atoms with Gasteiger partial charge in [0.25, 0.3) is 0 Å². The fourth-order valence-electron chi connectivity index (χ4n) is 4.50. The molecule has 4 aliphatic heterocycles. The molecule has 4 aliphatic rings. The third kappa shape index (κ3) is 3.73. The average molecular weight is 417 g/mol. The highest BCUT2D eigenvalue weighted by Crippen LogP contribution is 2.39. The first-order chi connectivity index (χ1) is 14.1. The summed E-state index contributed by atoms with van der Waals surface area (Å²) in [4.78, 5) is 24.8. The van der Waals surface area contributed by atoms with Crippen LogP contribution in [0.25, 0.3) is 0 Å². The van der Waals surface area contributed by atoms with Gasteiger partial charge in [0.15, 0.2) is 5.78 Å². The van der Waals surface area contributed by atoms with Crippen molar-refractivity contribution in [2.75, 3.05) is 50.8 Å². The van der Waals surface area contributed by atoms with Gasteiger partial charge in [-0.25, -0.2) is 4.98 Å². The van der Waals surface area contributed by atoms with E-state index in [4.69, 9.17) is 21.1 Å². The number of likely N-dealkylation sites (tertiary alicyclic amines) is 1. The van der Waals surface area contributed by atoms with E-state index in [1.807, 2.05) is 12.3 Å². The molecule has 0 bridgehead atoms. The second-order valence-corrected chi connectivity index (χ2v) is 8.78. The number of carbonyl (C=O) groups is 1. The number of hydrogen-bond acceptors (Lipinski definition) is 7. The van der Waals surface area contributed by atoms with Gasteiger partial charge in [-0.05, 0) is 18.9 Å². The van der Waals surface area contributed by atoms with Crippen LogP contribution in [0.1, 0.15) is 19.3 Å². The van der Waals surface area contributed by atoms with E-state index in [0.717, 1.165) is 45.0 Å². The number of ether oxygens (including phenoxy) is 2. The number of nitrogens with zero attached hydrogens (tertiary/aromatic N) is 4. The van der Waals surface area contributed by atoms with Gasteiger partial charge in [-0.1, -0.05) is 11.6 Å². The van der Waals surface area contributed by atoms with Gasteiger partial charge in [-0.15, -0.1) is 0 Å². The van der Waals surface area contributed by atoms with Gasteiger partial charge in [0.1, 0.15) is 17.7 Å². The van der Waals surface area contributed by atoms with Crippen molar-refractivity contribution >= 4 is 29.3 Å². The van der Waals surface area contributed by atoms with E-state index in [1.165, 1.54) is 12.8 Å². The lowest BCUT2D eigenvalue weighted by atomic mass is 9.77. The van der Waals surface area contributed by atoms with Crippen LogP contribution in [0.2, 0.25) is 0 Å². The van der Waals surface area contributed by atoms with E-state index in [2.05, 4.69) is 25.8 Å². The third-order valence-corrected chi connectivity index (χ3v) is 6.82. The summed E-state index contributed by atoms with van der Waals surface area (Å²) in [5, 5.41) is 0.278. The molecule has 7 nitrogen and oxygen atoms in total. The van der Waals surface area contributed by atoms with Crippen molar-refractivity contribution in [2.45, 2.75) is 25.4 Å². The molecule has 0 aromatic carbocycles. The number of aliphatic imine (C=N–C) groups is 1. The molecule has 0 aliphatic carbocycles. The molecule has 5 rings (SSSR count). The van der Waals surface area contributed by atoms with Crippen LogP contribution in [0.5, 0.6) is 5.88 Å². The predicted molar refractivity (Wildman–Crippen MR) is 111 cm³/mol. The number of Topliss-reactive ketones (excluding diaryl/α,β-unsaturated/α-hetero) is 1. The number of ketones is 1. The number of allylic oxidation sites excluding steroid dienone is 1. The Labute approximate surface area is 175 Å². The molecule has 0 radical (unpaired) electrons. The Kier molecular flexibility index (Phi) is 4.95. The lowest BCUT2D eigenvalue weighted by Gasteiger charge is -2.47. The van der Waals surface area contributed by atoms with E-state index in [9.17, 15) is 4.79 Å². The first-order valence-electron chi connectivity index (χ1n) is 10.3. The van der Waals surface area contributed by atoms with Crippen molar-refractivity contribution in [1.29, 1.82) is 0 Å². The van der Waals surface area contributed by atoms with Crippen LogP contribution in [-0.4, -0.2) is 73.9 Å². The number of rotatable bonds is 4. The lowest BCUT2D eigenvalue weighted by molar-refractivity contribution is -0.124. The minimum atomic E-state index is -0.125. The Balaban J connectivity index is 1.21. The first kappa shape index (κ1) is 18.9. The third-order valence-electron chi connectivity index (χ3n) is 6.42. The highest BCUT2D eigenvalue weighted by Gasteiger charge is 2.41. The highest BCUT2D eigenvalue weighted by molar-refractivity contribution is 6.44. The minimum Gasteiger partial charge on any atom is -0.472 e. The zero-order valence-electron chi connectivity index (χ0n) is 16.3. The van der Waals surface area contributed by atoms with Crippen LogP contribution in [0.4, 0.5) is 5.69 Å². The van der Waals surface area contributed by atoms with Crippen LogP contribution in [0.15, 0.2) is 34.1 Å². The van der Waals surface area contributed by atoms with Gasteiger partial charge in [-0.3, -0.25) is 9.79 Å². The standard InChI is InChI=1S/C21H25ClN4O3/c22-20-17(10-23-11-18(20)27)26-6-2-16(12-26)29-19-9-15(1-5-24-19)25-7-3-21(4-8-25)13-28-14-21/h1,5,9-10,16H,2-4,6-8,11-14H2/t16-/m1/s1. The van der Waals surface area contributed by atoms with Crippen molar-refractivity contribution in [3.05, 3.63) is 29.1 Å². The monoisotopic (exact) mass is 416 g/mol. The number of piperidine rings is 1. The lowest BCUT2D eigenvalue weighted by Crippen LogP contribution is -2.50. The van der Waals surface area contributed by atoms with Gasteiger partial charge in [0.05, 0.1) is 25.5 Å². The number of carbonyl (C=O) groups excluding carboxylic acids is 1. The molecule has 3 saturated heterocycles. The largest absolute Gasteiger partial charge is 0.472 e. The summed E-state index contributed by atoms with van der Waals surface area (Å²) in [6.07, 6.45) is 6.74. The van der Waals surface area contributed by atoms with Gasteiger partial charge in [-0.2, -0.15) is 0 Å². The molecule has 1 aromatic rings. The van der Waals surface area contributed by atoms with E-state index in [1.54, 1.807) is 6.21 Å². The van der Waals surface area contributed by atoms with Crippen LogP contribution in [-0.2, 0) is 9.53 Å². The Morgan fingerprint density at radius 3 is 2.79 bits per heavy atom. The number of hydrogen-bond donors (Lipinski definition) is 0. The molecule has 0 N–H and O–H groups in total. The summed E-state index contributed by atoms with van der Waals surface area (Å²) in [6.45, 7) is 5.51. The number of aromatic nitrogens is 1. The summed E-state index contributed by atoms with van der Waals surface area (Å²) < 4.78 is 11.6. The Morgan fingerprint density at radius 2 is 2.03 bits per heavy atom. The van der Waals surface area contributed by atoms with Gasteiger partial charge in [0.2, 0.25) is 5.88 Å². The number of pyridine rings is 1. The quantitative estimate of drug-likeness (QED) is 0.750. The fraction of sp³-hybridized carbons (Fsp3) is 0.571. The molecule has 154 valence electrons. The maximum atomic E-state index is 11.8. The molecule has 0 saturated carbocycles. The maximum Gasteiger partial charge on any atom is 0.215 e. The zero-order valence-corrected chi connectivity index (χ0v) is 17.1. The van der Waals surface area contributed by atoms with Crippen LogP contribution >= 0.6 is 11.6 Å². The van der Waals surface area contributed by atoms with Crippen LogP contribution in [0, 0.1) is 5.41 Å². The Bertz CT molecular complexity index is 857. The molecular weight excluding hydrogens is 392 g/mol. The van der Waals surface area contributed by atoms with Crippen molar-refractivity contribution in [1.82, 2.24) is 9.88 Å². The molecule has 8 heteroatoms. The molecule has 1 atom stereocenters. The van der Waals surface area contributed by atoms with Crippen molar-refractivity contribution in [2.24, 2.45) is 10.4 Å². The average Bonchev–Trinajstić information content (AvgIpc) is 3.17. The van der Waals surface area contributed by atoms with Crippen molar-refractivity contribution in [3.8, 4) is 5.88 Å². The second kappa shape index (κ2) is 7.61. The zero-order chi connectivity index (χ0) is 19.8. The summed E-state index contributed by atoms with van der Waals surface area (Å²) in [6, 6.07) is 4.09. The highest BCUT2D eigenvalue weighted by atomic mass is 35.5. The SMILES string of the molecule is O=C1CN=CC(N2CC[C@@H](Oc3cc(N4CCC5(CC4)COC5)ccn3)C2)=C1Cl. The molecular formula is C21H25ClN4O3. The fourth-order valence-corrected chi connectivity index (χ4v) is 4.73. The van der Waals surface area contributed by atoms with Crippen LogP contribution < -0.4 is 9.64 Å². The van der Waals surface area contributed by atoms with E-state index >= 15 is 0 Å². The first-order valence-corrected chi connectivity index (χ1v) is 10.6. The van der Waals surface area contributed by atoms with E-state index in [-0.39, 0.29) is 23.5 Å². The summed E-state index contributed by atoms with van der Waals surface area (Å²) in [5.41, 5.74) is 2.30. The van der Waals surface area contributed by atoms with Gasteiger partial charge < -0.3 is 19.3 Å². The van der Waals surface area contributed by atoms with E-state index in [0.29, 0.717) is 23.5 Å². The Hall–Kier alpha value is -2.12.